The number of nitrogens with zero attached hydrogens (tertiary/aromatic N) is 2. The highest BCUT2D eigenvalue weighted by molar-refractivity contribution is 7.89. The Morgan fingerprint density at radius 2 is 1.69 bits per heavy atom. The van der Waals surface area contributed by atoms with Crippen LogP contribution in [0.3, 0.4) is 0 Å². The van der Waals surface area contributed by atoms with E-state index in [2.05, 4.69) is 5.32 Å². The van der Waals surface area contributed by atoms with E-state index in [-0.39, 0.29) is 31.3 Å². The fraction of sp³-hybridized carbons (Fsp3) is 0.875. The van der Waals surface area contributed by atoms with Crippen LogP contribution >= 0.6 is 0 Å². The van der Waals surface area contributed by atoms with Crippen LogP contribution in [-0.2, 0) is 19.6 Å². The molecule has 1 saturated heterocycles. The second-order valence-corrected chi connectivity index (χ2v) is 9.86. The number of aliphatic carboxylic acids is 1. The number of carbonyl (C=O) groups excluding carboxylic acids is 1. The van der Waals surface area contributed by atoms with E-state index in [0.717, 1.165) is 0 Å². The summed E-state index contributed by atoms with van der Waals surface area (Å²) in [6.07, 6.45) is -0.679. The molecule has 0 spiro atoms. The van der Waals surface area contributed by atoms with Crippen LogP contribution in [0.2, 0.25) is 0 Å². The average molecular weight is 394 g/mol. The van der Waals surface area contributed by atoms with E-state index in [0.29, 0.717) is 13.1 Å². The average Bonchev–Trinajstić information content (AvgIpc) is 2.44. The number of piperazine rings is 1. The number of rotatable bonds is 7. The van der Waals surface area contributed by atoms with Crippen LogP contribution in [0.15, 0.2) is 0 Å². The number of carbonyl (C=O) groups is 2. The molecule has 1 fully saturated rings. The zero-order valence-electron chi connectivity index (χ0n) is 16.2. The number of sulfonamides is 1. The van der Waals surface area contributed by atoms with E-state index >= 15 is 0 Å². The highest BCUT2D eigenvalue weighted by Crippen LogP contribution is 2.13. The van der Waals surface area contributed by atoms with Crippen molar-refractivity contribution in [3.63, 3.8) is 0 Å². The molecular formula is C16H31N3O6S. The van der Waals surface area contributed by atoms with Crippen molar-refractivity contribution in [2.75, 3.05) is 38.5 Å². The van der Waals surface area contributed by atoms with Gasteiger partial charge in [-0.25, -0.2) is 13.2 Å². The molecule has 1 aliphatic rings. The number of ether oxygens (including phenoxy) is 1. The van der Waals surface area contributed by atoms with Crippen molar-refractivity contribution in [1.29, 1.82) is 0 Å². The molecule has 0 aromatic carbocycles. The molecule has 0 bridgehead atoms. The van der Waals surface area contributed by atoms with Gasteiger partial charge in [-0.3, -0.25) is 9.69 Å². The Hall–Kier alpha value is -1.39. The van der Waals surface area contributed by atoms with Gasteiger partial charge in [-0.1, -0.05) is 13.8 Å². The summed E-state index contributed by atoms with van der Waals surface area (Å²) in [5.41, 5.74) is -0.667. The minimum Gasteiger partial charge on any atom is -0.480 e. The number of hydrogen-bond acceptors (Lipinski definition) is 6. The topological polar surface area (TPSA) is 116 Å². The largest absolute Gasteiger partial charge is 0.480 e. The van der Waals surface area contributed by atoms with Crippen LogP contribution in [-0.4, -0.2) is 84.9 Å². The predicted octanol–water partition coefficient (Wildman–Crippen LogP) is 0.568. The number of alkyl carbamates (subject to hydrolysis) is 1. The van der Waals surface area contributed by atoms with Gasteiger partial charge < -0.3 is 15.2 Å². The molecule has 0 saturated carbocycles. The zero-order valence-corrected chi connectivity index (χ0v) is 17.0. The number of amides is 1. The van der Waals surface area contributed by atoms with Crippen molar-refractivity contribution < 1.29 is 27.9 Å². The Kier molecular flexibility index (Phi) is 7.85. The predicted molar refractivity (Wildman–Crippen MR) is 97.4 cm³/mol. The molecule has 1 atom stereocenters. The van der Waals surface area contributed by atoms with Crippen molar-refractivity contribution in [2.45, 2.75) is 46.3 Å². The molecule has 0 aliphatic carbocycles. The van der Waals surface area contributed by atoms with Crippen molar-refractivity contribution in [3.8, 4) is 0 Å². The third-order valence-corrected chi connectivity index (χ3v) is 6.01. The summed E-state index contributed by atoms with van der Waals surface area (Å²) in [5, 5.41) is 11.9. The van der Waals surface area contributed by atoms with Gasteiger partial charge in [0.1, 0.15) is 11.6 Å². The molecule has 1 heterocycles. The molecule has 0 aromatic heterocycles. The lowest BCUT2D eigenvalue weighted by molar-refractivity contribution is -0.143. The van der Waals surface area contributed by atoms with E-state index < -0.39 is 33.7 Å². The molecular weight excluding hydrogens is 362 g/mol. The number of carboxylic acids is 1. The molecule has 10 heteroatoms. The summed E-state index contributed by atoms with van der Waals surface area (Å²) in [7, 11) is -3.33. The van der Waals surface area contributed by atoms with Gasteiger partial charge in [0, 0.05) is 32.7 Å². The molecule has 9 nitrogen and oxygen atoms in total. The third kappa shape index (κ3) is 7.46. The van der Waals surface area contributed by atoms with Gasteiger partial charge in [-0.2, -0.15) is 4.31 Å². The van der Waals surface area contributed by atoms with Gasteiger partial charge in [0.25, 0.3) is 0 Å². The lowest BCUT2D eigenvalue weighted by Crippen LogP contribution is -2.57. The smallest absolute Gasteiger partial charge is 0.407 e. The summed E-state index contributed by atoms with van der Waals surface area (Å²) in [4.78, 5) is 24.9. The standard InChI is InChI=1S/C16H31N3O6S/c1-12(2)11-26(23,24)19-8-6-18(7-9-19)13(14(20)21)10-17-15(22)25-16(3,4)5/h12-13H,6-11H2,1-5H3,(H,17,22)(H,20,21). The summed E-state index contributed by atoms with van der Waals surface area (Å²) in [5.74, 6) is -0.961. The van der Waals surface area contributed by atoms with E-state index in [1.165, 1.54) is 4.31 Å². The molecule has 0 radical (unpaired) electrons. The molecule has 26 heavy (non-hydrogen) atoms. The summed E-state index contributed by atoms with van der Waals surface area (Å²) < 4.78 is 31.1. The van der Waals surface area contributed by atoms with Gasteiger partial charge in [-0.05, 0) is 26.7 Å². The number of hydrogen-bond donors (Lipinski definition) is 2. The summed E-state index contributed by atoms with van der Waals surface area (Å²) in [6.45, 7) is 9.82. The molecule has 1 unspecified atom stereocenters. The van der Waals surface area contributed by atoms with Gasteiger partial charge in [0.15, 0.2) is 0 Å². The molecule has 0 aromatic rings. The zero-order chi connectivity index (χ0) is 20.1. The molecule has 1 amide bonds. The second kappa shape index (κ2) is 9.01. The fourth-order valence-electron chi connectivity index (χ4n) is 2.69. The lowest BCUT2D eigenvalue weighted by atomic mass is 10.2. The first kappa shape index (κ1) is 22.7. The first-order valence-corrected chi connectivity index (χ1v) is 10.3. The van der Waals surface area contributed by atoms with Crippen molar-refractivity contribution in [2.24, 2.45) is 5.92 Å². The number of carboxylic acid groups (broad SMARTS) is 1. The Morgan fingerprint density at radius 3 is 2.12 bits per heavy atom. The SMILES string of the molecule is CC(C)CS(=O)(=O)N1CCN(C(CNC(=O)OC(C)(C)C)C(=O)O)CC1. The lowest BCUT2D eigenvalue weighted by Gasteiger charge is -2.37. The van der Waals surface area contributed by atoms with Gasteiger partial charge in [0.05, 0.1) is 5.75 Å². The maximum Gasteiger partial charge on any atom is 0.407 e. The Labute approximate surface area is 155 Å². The highest BCUT2D eigenvalue weighted by atomic mass is 32.2. The quantitative estimate of drug-likeness (QED) is 0.649. The summed E-state index contributed by atoms with van der Waals surface area (Å²) >= 11 is 0. The number of nitrogens with one attached hydrogen (secondary N) is 1. The first-order valence-electron chi connectivity index (χ1n) is 8.73. The molecule has 2 N–H and O–H groups in total. The maximum atomic E-state index is 12.3. The second-order valence-electron chi connectivity index (χ2n) is 7.84. The monoisotopic (exact) mass is 393 g/mol. The summed E-state index contributed by atoms with van der Waals surface area (Å²) in [6, 6.07) is -0.933. The van der Waals surface area contributed by atoms with E-state index in [4.69, 9.17) is 4.74 Å². The van der Waals surface area contributed by atoms with Crippen molar-refractivity contribution in [3.05, 3.63) is 0 Å². The minimum absolute atomic E-state index is 0.0304. The van der Waals surface area contributed by atoms with Crippen molar-refractivity contribution >= 4 is 22.1 Å². The fourth-order valence-corrected chi connectivity index (χ4v) is 4.46. The van der Waals surface area contributed by atoms with E-state index in [9.17, 15) is 23.1 Å². The van der Waals surface area contributed by atoms with Crippen LogP contribution < -0.4 is 5.32 Å². The maximum absolute atomic E-state index is 12.3. The van der Waals surface area contributed by atoms with Crippen LogP contribution in [0.25, 0.3) is 0 Å². The van der Waals surface area contributed by atoms with E-state index in [1.807, 2.05) is 13.8 Å². The Morgan fingerprint density at radius 1 is 1.15 bits per heavy atom. The van der Waals surface area contributed by atoms with Crippen LogP contribution in [0.5, 0.6) is 0 Å². The minimum atomic E-state index is -3.33. The Bertz CT molecular complexity index is 592. The molecule has 152 valence electrons. The van der Waals surface area contributed by atoms with Crippen molar-refractivity contribution in [1.82, 2.24) is 14.5 Å². The molecule has 1 aliphatic heterocycles. The normalized spacial score (nSPS) is 18.5. The van der Waals surface area contributed by atoms with Crippen LogP contribution in [0.1, 0.15) is 34.6 Å². The van der Waals surface area contributed by atoms with E-state index in [1.54, 1.807) is 25.7 Å². The van der Waals surface area contributed by atoms with Gasteiger partial charge in [0.2, 0.25) is 10.0 Å². The van der Waals surface area contributed by atoms with Crippen LogP contribution in [0, 0.1) is 5.92 Å². The molecule has 1 rings (SSSR count). The highest BCUT2D eigenvalue weighted by Gasteiger charge is 2.33. The third-order valence-electron chi connectivity index (χ3n) is 3.78. The van der Waals surface area contributed by atoms with Gasteiger partial charge in [-0.15, -0.1) is 0 Å². The van der Waals surface area contributed by atoms with Crippen LogP contribution in [0.4, 0.5) is 4.79 Å². The first-order chi connectivity index (χ1) is 11.8. The Balaban J connectivity index is 2.61. The van der Waals surface area contributed by atoms with Gasteiger partial charge >= 0.3 is 12.1 Å².